The molecule has 0 unspecified atom stereocenters. The van der Waals surface area contributed by atoms with Crippen molar-refractivity contribution in [3.63, 3.8) is 0 Å². The van der Waals surface area contributed by atoms with Crippen LogP contribution in [-0.2, 0) is 14.8 Å². The van der Waals surface area contributed by atoms with Crippen LogP contribution in [0, 0.1) is 0 Å². The van der Waals surface area contributed by atoms with Crippen molar-refractivity contribution in [2.75, 3.05) is 31.5 Å². The van der Waals surface area contributed by atoms with E-state index in [2.05, 4.69) is 26.0 Å². The molecule has 7 nitrogen and oxygen atoms in total. The Morgan fingerprint density at radius 3 is 2.56 bits per heavy atom. The van der Waals surface area contributed by atoms with Gasteiger partial charge in [0.1, 0.15) is 0 Å². The maximum absolute atomic E-state index is 12.5. The van der Waals surface area contributed by atoms with Crippen molar-refractivity contribution in [1.29, 1.82) is 0 Å². The summed E-state index contributed by atoms with van der Waals surface area (Å²) in [6.45, 7) is 5.06. The number of carbonyl (C=O) groups excluding carboxylic acids is 1. The monoisotopic (exact) mass is 430 g/mol. The summed E-state index contributed by atoms with van der Waals surface area (Å²) >= 11 is 1.36. The van der Waals surface area contributed by atoms with E-state index < -0.39 is 10.0 Å². The van der Waals surface area contributed by atoms with Crippen molar-refractivity contribution < 1.29 is 13.2 Å². The maximum atomic E-state index is 12.5. The summed E-state index contributed by atoms with van der Waals surface area (Å²) in [4.78, 5) is 18.9. The van der Waals surface area contributed by atoms with Crippen molar-refractivity contribution >= 4 is 51.0 Å². The van der Waals surface area contributed by atoms with E-state index in [4.69, 9.17) is 0 Å². The van der Waals surface area contributed by atoms with Crippen molar-refractivity contribution in [3.8, 4) is 0 Å². The van der Waals surface area contributed by atoms with Crippen LogP contribution in [0.5, 0.6) is 0 Å². The second kappa shape index (κ2) is 9.59. The number of nitrogens with one attached hydrogen (secondary N) is 2. The molecule has 0 spiro atoms. The van der Waals surface area contributed by atoms with Crippen molar-refractivity contribution in [2.45, 2.75) is 24.7 Å². The Morgan fingerprint density at radius 2 is 1.93 bits per heavy atom. The van der Waals surface area contributed by atoms with Gasteiger partial charge in [0.25, 0.3) is 10.0 Å². The zero-order valence-electron chi connectivity index (χ0n) is 15.0. The molecule has 2 heterocycles. The molecule has 27 heavy (non-hydrogen) atoms. The third kappa shape index (κ3) is 6.24. The molecule has 3 rings (SSSR count). The molecular formula is C17H23ClN4O3S2. The zero-order chi connectivity index (χ0) is 18.6. The quantitative estimate of drug-likeness (QED) is 0.748. The fourth-order valence-electron chi connectivity index (χ4n) is 2.79. The Kier molecular flexibility index (Phi) is 7.72. The molecule has 0 radical (unpaired) electrons. The number of carbonyl (C=O) groups is 1. The van der Waals surface area contributed by atoms with Gasteiger partial charge in [-0.05, 0) is 50.2 Å². The lowest BCUT2D eigenvalue weighted by molar-refractivity contribution is -0.114. The van der Waals surface area contributed by atoms with Gasteiger partial charge in [0.2, 0.25) is 5.91 Å². The van der Waals surface area contributed by atoms with Crippen LogP contribution >= 0.6 is 24.2 Å². The zero-order valence-corrected chi connectivity index (χ0v) is 17.4. The van der Waals surface area contributed by atoms with Crippen LogP contribution < -0.4 is 10.0 Å². The molecule has 0 bridgehead atoms. The molecule has 0 saturated carbocycles. The lowest BCUT2D eigenvalue weighted by Gasteiger charge is -2.11. The molecule has 0 atom stereocenters. The molecule has 1 amide bonds. The van der Waals surface area contributed by atoms with Gasteiger partial charge in [-0.25, -0.2) is 8.42 Å². The number of hydrogen-bond donors (Lipinski definition) is 2. The van der Waals surface area contributed by atoms with E-state index in [-0.39, 0.29) is 23.2 Å². The molecule has 2 N–H and O–H groups in total. The first-order valence-corrected chi connectivity index (χ1v) is 10.8. The normalized spacial score (nSPS) is 18.9. The first-order chi connectivity index (χ1) is 12.4. The Balaban J connectivity index is 0.00000261. The highest BCUT2D eigenvalue weighted by Gasteiger charge is 2.21. The third-order valence-corrected chi connectivity index (χ3v) is 6.56. The average molecular weight is 431 g/mol. The second-order valence-electron chi connectivity index (χ2n) is 6.21. The average Bonchev–Trinajstić information content (AvgIpc) is 3.24. The van der Waals surface area contributed by atoms with Gasteiger partial charge in [0.15, 0.2) is 5.17 Å². The lowest BCUT2D eigenvalue weighted by Crippen LogP contribution is -2.27. The van der Waals surface area contributed by atoms with Crippen LogP contribution in [-0.4, -0.2) is 50.6 Å². The topological polar surface area (TPSA) is 90.9 Å². The fourth-order valence-corrected chi connectivity index (χ4v) is 4.86. The number of halogens is 1. The summed E-state index contributed by atoms with van der Waals surface area (Å²) in [7, 11) is -3.69. The molecule has 1 saturated heterocycles. The van der Waals surface area contributed by atoms with Crippen LogP contribution in [0.1, 0.15) is 19.8 Å². The summed E-state index contributed by atoms with van der Waals surface area (Å²) in [5.41, 5.74) is 0.552. The number of anilines is 1. The summed E-state index contributed by atoms with van der Waals surface area (Å²) < 4.78 is 27.5. The molecule has 1 aromatic carbocycles. The molecule has 2 aliphatic rings. The standard InChI is InChI=1S/C17H22N4O3S2.ClH/c1-13(22)19-14-4-6-16(7-5-14)26(23,24)20-17-18-12-15(25-17)8-11-21-9-2-3-10-21;/h4-8H,2-3,9-12H2,1H3,(H,18,20)(H,19,22);1H. The Bertz CT molecular complexity index is 832. The highest BCUT2D eigenvalue weighted by atomic mass is 35.5. The number of thioether (sulfide) groups is 1. The van der Waals surface area contributed by atoms with Crippen LogP contribution in [0.3, 0.4) is 0 Å². The van der Waals surface area contributed by atoms with Gasteiger partial charge in [-0.3, -0.25) is 19.4 Å². The third-order valence-electron chi connectivity index (χ3n) is 4.09. The molecule has 0 aliphatic carbocycles. The number of benzene rings is 1. The van der Waals surface area contributed by atoms with Crippen LogP contribution in [0.2, 0.25) is 0 Å². The predicted molar refractivity (Wildman–Crippen MR) is 112 cm³/mol. The molecule has 1 aromatic rings. The SMILES string of the molecule is CC(=O)Nc1ccc(S(=O)(=O)NC2=NCC(=CCN3CCCC3)S2)cc1.Cl. The highest BCUT2D eigenvalue weighted by molar-refractivity contribution is 8.18. The minimum absolute atomic E-state index is 0. The minimum Gasteiger partial charge on any atom is -0.326 e. The summed E-state index contributed by atoms with van der Waals surface area (Å²) in [5.74, 6) is -0.205. The van der Waals surface area contributed by atoms with Gasteiger partial charge in [0, 0.05) is 24.1 Å². The van der Waals surface area contributed by atoms with Gasteiger partial charge >= 0.3 is 0 Å². The van der Waals surface area contributed by atoms with E-state index in [1.54, 1.807) is 12.1 Å². The van der Waals surface area contributed by atoms with Gasteiger partial charge in [-0.1, -0.05) is 17.8 Å². The Labute approximate surface area is 170 Å². The van der Waals surface area contributed by atoms with Crippen LogP contribution in [0.15, 0.2) is 45.1 Å². The lowest BCUT2D eigenvalue weighted by atomic mass is 10.3. The Hall–Kier alpha value is -1.55. The van der Waals surface area contributed by atoms with Crippen LogP contribution in [0.25, 0.3) is 0 Å². The first kappa shape index (κ1) is 21.7. The maximum Gasteiger partial charge on any atom is 0.263 e. The summed E-state index contributed by atoms with van der Waals surface area (Å²) in [6.07, 6.45) is 4.63. The van der Waals surface area contributed by atoms with Crippen molar-refractivity contribution in [2.24, 2.45) is 4.99 Å². The van der Waals surface area contributed by atoms with Crippen LogP contribution in [0.4, 0.5) is 5.69 Å². The highest BCUT2D eigenvalue weighted by Crippen LogP contribution is 2.25. The van der Waals surface area contributed by atoms with Crippen molar-refractivity contribution in [1.82, 2.24) is 9.62 Å². The van der Waals surface area contributed by atoms with E-state index in [9.17, 15) is 13.2 Å². The van der Waals surface area contributed by atoms with Gasteiger partial charge in [-0.2, -0.15) is 0 Å². The van der Waals surface area contributed by atoms with Gasteiger partial charge in [0.05, 0.1) is 11.4 Å². The smallest absolute Gasteiger partial charge is 0.263 e. The largest absolute Gasteiger partial charge is 0.326 e. The molecule has 148 valence electrons. The second-order valence-corrected chi connectivity index (χ2v) is 9.01. The fraction of sp³-hybridized carbons (Fsp3) is 0.412. The number of likely N-dealkylation sites (tertiary alicyclic amines) is 1. The Morgan fingerprint density at radius 1 is 1.26 bits per heavy atom. The molecule has 10 heteroatoms. The van der Waals surface area contributed by atoms with E-state index in [0.717, 1.165) is 24.5 Å². The number of aliphatic imine (C=N–C) groups is 1. The van der Waals surface area contributed by atoms with Gasteiger partial charge < -0.3 is 5.32 Å². The van der Waals surface area contributed by atoms with E-state index in [1.165, 1.54) is 43.7 Å². The molecule has 1 fully saturated rings. The summed E-state index contributed by atoms with van der Waals surface area (Å²) in [6, 6.07) is 6.03. The number of rotatable bonds is 5. The molecule has 2 aliphatic heterocycles. The van der Waals surface area contributed by atoms with Crippen molar-refractivity contribution in [3.05, 3.63) is 35.2 Å². The molecular weight excluding hydrogens is 408 g/mol. The van der Waals surface area contributed by atoms with E-state index >= 15 is 0 Å². The number of sulfonamides is 1. The number of amidine groups is 1. The summed E-state index contributed by atoms with van der Waals surface area (Å²) in [5, 5.41) is 3.00. The molecule has 0 aromatic heterocycles. The predicted octanol–water partition coefficient (Wildman–Crippen LogP) is 2.43. The van der Waals surface area contributed by atoms with E-state index in [0.29, 0.717) is 17.4 Å². The number of hydrogen-bond acceptors (Lipinski definition) is 6. The minimum atomic E-state index is -3.69. The van der Waals surface area contributed by atoms with E-state index in [1.807, 2.05) is 0 Å². The first-order valence-electron chi connectivity index (χ1n) is 8.46. The van der Waals surface area contributed by atoms with Gasteiger partial charge in [-0.15, -0.1) is 12.4 Å². The number of nitrogens with zero attached hydrogens (tertiary/aromatic N) is 2. The number of amides is 1.